The van der Waals surface area contributed by atoms with Gasteiger partial charge >= 0.3 is 5.97 Å². The zero-order valence-corrected chi connectivity index (χ0v) is 12.6. The Morgan fingerprint density at radius 1 is 1.32 bits per heavy atom. The molecule has 0 spiro atoms. The lowest BCUT2D eigenvalue weighted by molar-refractivity contribution is -0.930. The molecule has 3 heterocycles. The summed E-state index contributed by atoms with van der Waals surface area (Å²) in [5.74, 6) is -0.899. The number of nitrogens with one attached hydrogen (secondary N) is 1. The van der Waals surface area contributed by atoms with E-state index in [2.05, 4.69) is 7.05 Å². The highest BCUT2D eigenvalue weighted by Gasteiger charge is 2.66. The first-order valence-corrected chi connectivity index (χ1v) is 8.04. The number of hydrogen-bond acceptors (Lipinski definition) is 4. The average molecular weight is 304 g/mol. The maximum absolute atomic E-state index is 12.4. The van der Waals surface area contributed by atoms with Crippen LogP contribution in [0, 0.1) is 0 Å². The number of aliphatic hydroxyl groups excluding tert-OH is 1. The second kappa shape index (κ2) is 5.33. The number of epoxide rings is 1. The predicted octanol–water partition coefficient (Wildman–Crippen LogP) is -0.499. The Kier molecular flexibility index (Phi) is 3.44. The van der Waals surface area contributed by atoms with Crippen molar-refractivity contribution in [3.8, 4) is 0 Å². The number of ether oxygens (including phenoxy) is 2. The van der Waals surface area contributed by atoms with E-state index in [9.17, 15) is 9.90 Å². The minimum atomic E-state index is -0.586. The van der Waals surface area contributed by atoms with Gasteiger partial charge in [0, 0.05) is 12.8 Å². The number of morpholine rings is 1. The van der Waals surface area contributed by atoms with Crippen molar-refractivity contribution >= 4 is 5.97 Å². The molecule has 4 rings (SSSR count). The molecule has 3 aliphatic rings. The van der Waals surface area contributed by atoms with Gasteiger partial charge in [0.25, 0.3) is 0 Å². The van der Waals surface area contributed by atoms with Crippen LogP contribution >= 0.6 is 0 Å². The number of hydrogen-bond donors (Lipinski definition) is 2. The lowest BCUT2D eigenvalue weighted by atomic mass is 9.97. The summed E-state index contributed by atoms with van der Waals surface area (Å²) in [4.78, 5) is 14.0. The van der Waals surface area contributed by atoms with E-state index in [4.69, 9.17) is 9.47 Å². The van der Waals surface area contributed by atoms with Crippen molar-refractivity contribution in [1.29, 1.82) is 0 Å². The number of benzene rings is 1. The molecule has 5 nitrogen and oxygen atoms in total. The summed E-state index contributed by atoms with van der Waals surface area (Å²) in [6, 6.07) is 10.2. The van der Waals surface area contributed by atoms with Crippen molar-refractivity contribution in [1.82, 2.24) is 0 Å². The maximum Gasteiger partial charge on any atom is 0.316 e. The van der Waals surface area contributed by atoms with E-state index in [1.54, 1.807) is 0 Å². The molecule has 3 saturated heterocycles. The van der Waals surface area contributed by atoms with Crippen LogP contribution in [0.3, 0.4) is 0 Å². The normalized spacial score (nSPS) is 39.9. The first-order chi connectivity index (χ1) is 10.7. The van der Waals surface area contributed by atoms with Gasteiger partial charge < -0.3 is 19.5 Å². The highest BCUT2D eigenvalue weighted by atomic mass is 16.6. The van der Waals surface area contributed by atoms with Gasteiger partial charge in [0.05, 0.1) is 13.7 Å². The molecular formula is C17H22NO4+. The molecule has 2 N–H and O–H groups in total. The molecule has 0 aliphatic carbocycles. The van der Waals surface area contributed by atoms with E-state index in [1.165, 1.54) is 4.90 Å². The van der Waals surface area contributed by atoms with Crippen LogP contribution in [0.2, 0.25) is 0 Å². The number of quaternary nitrogens is 1. The first-order valence-electron chi connectivity index (χ1n) is 8.04. The third-order valence-corrected chi connectivity index (χ3v) is 5.51. The molecule has 2 bridgehead atoms. The molecular weight excluding hydrogens is 282 g/mol. The van der Waals surface area contributed by atoms with Crippen LogP contribution in [0.1, 0.15) is 24.3 Å². The van der Waals surface area contributed by atoms with Crippen molar-refractivity contribution in [2.45, 2.75) is 49.2 Å². The molecule has 0 saturated carbocycles. The molecule has 1 aromatic carbocycles. The van der Waals surface area contributed by atoms with Crippen LogP contribution in [0.25, 0.3) is 0 Å². The summed E-state index contributed by atoms with van der Waals surface area (Å²) in [6.45, 7) is -0.220. The van der Waals surface area contributed by atoms with Crippen LogP contribution in [0.4, 0.5) is 0 Å². The lowest BCUT2D eigenvalue weighted by Crippen LogP contribution is -3.17. The maximum atomic E-state index is 12.4. The number of fused-ring (bicyclic) bond motifs is 5. The minimum Gasteiger partial charge on any atom is -0.461 e. The van der Waals surface area contributed by atoms with Crippen molar-refractivity contribution in [2.24, 2.45) is 0 Å². The van der Waals surface area contributed by atoms with E-state index in [0.717, 1.165) is 18.4 Å². The molecule has 1 aromatic rings. The molecule has 3 aliphatic heterocycles. The van der Waals surface area contributed by atoms with E-state index in [-0.39, 0.29) is 18.7 Å². The summed E-state index contributed by atoms with van der Waals surface area (Å²) >= 11 is 0. The number of aliphatic hydroxyl groups is 1. The molecule has 118 valence electrons. The number of piperidine rings is 1. The summed E-state index contributed by atoms with van der Waals surface area (Å²) < 4.78 is 11.4. The highest BCUT2D eigenvalue weighted by molar-refractivity contribution is 5.78. The molecule has 5 heteroatoms. The zero-order chi connectivity index (χ0) is 15.3. The second-order valence-electron chi connectivity index (χ2n) is 6.70. The minimum absolute atomic E-state index is 0.0413. The van der Waals surface area contributed by atoms with Gasteiger partial charge in [-0.15, -0.1) is 0 Å². The van der Waals surface area contributed by atoms with Gasteiger partial charge in [-0.2, -0.15) is 0 Å². The highest BCUT2D eigenvalue weighted by Crippen LogP contribution is 2.39. The van der Waals surface area contributed by atoms with Crippen molar-refractivity contribution in [3.05, 3.63) is 35.9 Å². The van der Waals surface area contributed by atoms with Crippen LogP contribution < -0.4 is 4.90 Å². The van der Waals surface area contributed by atoms with Crippen LogP contribution in [-0.4, -0.2) is 55.1 Å². The molecule has 0 aromatic heterocycles. The molecule has 3 fully saturated rings. The number of esters is 1. The van der Waals surface area contributed by atoms with Gasteiger partial charge in [-0.05, 0) is 5.56 Å². The number of rotatable bonds is 4. The quantitative estimate of drug-likeness (QED) is 0.581. The second-order valence-corrected chi connectivity index (χ2v) is 6.70. The Bertz CT molecular complexity index is 545. The molecule has 0 radical (unpaired) electrons. The Morgan fingerprint density at radius 3 is 2.55 bits per heavy atom. The summed E-state index contributed by atoms with van der Waals surface area (Å²) in [5.41, 5.74) is 0.808. The fraction of sp³-hybridized carbons (Fsp3) is 0.588. The number of carbonyl (C=O) groups is 1. The molecule has 2 unspecified atom stereocenters. The zero-order valence-electron chi connectivity index (χ0n) is 12.6. The van der Waals surface area contributed by atoms with Gasteiger partial charge in [0.15, 0.2) is 0 Å². The van der Waals surface area contributed by atoms with Gasteiger partial charge in [0.1, 0.15) is 36.3 Å². The number of carbonyl (C=O) groups excluding carboxylic acids is 1. The average Bonchev–Trinajstić information content (AvgIpc) is 3.27. The lowest BCUT2D eigenvalue weighted by Gasteiger charge is -2.35. The third kappa shape index (κ3) is 2.24. The van der Waals surface area contributed by atoms with Gasteiger partial charge in [-0.1, -0.05) is 30.3 Å². The fourth-order valence-electron chi connectivity index (χ4n) is 4.22. The third-order valence-electron chi connectivity index (χ3n) is 5.51. The van der Waals surface area contributed by atoms with Gasteiger partial charge in [0.2, 0.25) is 0 Å². The van der Waals surface area contributed by atoms with Crippen molar-refractivity contribution < 1.29 is 24.3 Å². The first kappa shape index (κ1) is 14.2. The van der Waals surface area contributed by atoms with E-state index < -0.39 is 5.92 Å². The smallest absolute Gasteiger partial charge is 0.316 e. The Hall–Kier alpha value is -1.43. The summed E-state index contributed by atoms with van der Waals surface area (Å²) in [6.07, 6.45) is 2.43. The van der Waals surface area contributed by atoms with Crippen LogP contribution in [0.15, 0.2) is 30.3 Å². The Morgan fingerprint density at radius 2 is 1.95 bits per heavy atom. The van der Waals surface area contributed by atoms with Crippen LogP contribution in [-0.2, 0) is 14.3 Å². The monoisotopic (exact) mass is 304 g/mol. The largest absolute Gasteiger partial charge is 0.461 e. The van der Waals surface area contributed by atoms with Gasteiger partial charge in [-0.25, -0.2) is 0 Å². The van der Waals surface area contributed by atoms with E-state index in [0.29, 0.717) is 24.3 Å². The summed E-state index contributed by atoms with van der Waals surface area (Å²) in [7, 11) is 2.21. The van der Waals surface area contributed by atoms with Gasteiger partial charge in [-0.3, -0.25) is 4.79 Å². The topological polar surface area (TPSA) is 63.5 Å². The SMILES string of the molecule is C[NH+]1[C@@H]2CC(OC(=O)[C@H](CO)c3ccccc3)C[C@H]1[C@@H]1O[C@H]12. The molecule has 22 heavy (non-hydrogen) atoms. The van der Waals surface area contributed by atoms with E-state index >= 15 is 0 Å². The van der Waals surface area contributed by atoms with Crippen molar-refractivity contribution in [3.63, 3.8) is 0 Å². The van der Waals surface area contributed by atoms with Crippen molar-refractivity contribution in [2.75, 3.05) is 13.7 Å². The predicted molar refractivity (Wildman–Crippen MR) is 78.5 cm³/mol. The molecule has 0 amide bonds. The standard InChI is InChI=1S/C17H21NO4/c1-18-13-7-11(8-14(18)16-15(13)22-16)21-17(20)12(9-19)10-5-3-2-4-6-10/h2-6,11-16,19H,7-9H2,1H3/p+1/t11?,12-,13-,14+,15+,16+/m1/s1. The fourth-order valence-corrected chi connectivity index (χ4v) is 4.22. The molecule has 7 atom stereocenters. The van der Waals surface area contributed by atoms with Crippen LogP contribution in [0.5, 0.6) is 0 Å². The Labute approximate surface area is 129 Å². The number of likely N-dealkylation sites (N-methyl/N-ethyl adjacent to an activating group) is 1. The van der Waals surface area contributed by atoms with E-state index in [1.807, 2.05) is 30.3 Å². The summed E-state index contributed by atoms with van der Waals surface area (Å²) in [5, 5.41) is 9.56. The Balaban J connectivity index is 1.42.